The van der Waals surface area contributed by atoms with Crippen molar-refractivity contribution in [3.05, 3.63) is 70.3 Å². The van der Waals surface area contributed by atoms with E-state index in [4.69, 9.17) is 11.6 Å². The molecule has 0 aliphatic rings. The van der Waals surface area contributed by atoms with Crippen LogP contribution < -0.4 is 5.32 Å². The minimum Gasteiger partial charge on any atom is -0.352 e. The van der Waals surface area contributed by atoms with Crippen molar-refractivity contribution in [3.63, 3.8) is 0 Å². The van der Waals surface area contributed by atoms with E-state index in [0.29, 0.717) is 25.1 Å². The summed E-state index contributed by atoms with van der Waals surface area (Å²) < 4.78 is 41.5. The standard InChI is InChI=1S/C19H19ClF3N5O/c1-13-16(20)17(19(21,22)23)26-28(13)10-3-7-24-18(29)15-6-2-5-14(11-15)12-27-9-4-8-25-27/h2,4-6,8-9,11H,3,7,10,12H2,1H3,(H,24,29). The fourth-order valence-corrected chi connectivity index (χ4v) is 3.09. The molecule has 1 amide bonds. The molecule has 0 atom stereocenters. The molecule has 154 valence electrons. The van der Waals surface area contributed by atoms with Gasteiger partial charge in [-0.15, -0.1) is 0 Å². The summed E-state index contributed by atoms with van der Waals surface area (Å²) in [5.74, 6) is -0.251. The number of carbonyl (C=O) groups excluding carboxylic acids is 1. The number of carbonyl (C=O) groups is 1. The summed E-state index contributed by atoms with van der Waals surface area (Å²) in [5.41, 5.74) is 0.599. The Morgan fingerprint density at radius 2 is 2.07 bits per heavy atom. The van der Waals surface area contributed by atoms with Crippen LogP contribution in [0.15, 0.2) is 42.7 Å². The fraction of sp³-hybridized carbons (Fsp3) is 0.316. The van der Waals surface area contributed by atoms with Gasteiger partial charge >= 0.3 is 6.18 Å². The molecule has 0 bridgehead atoms. The number of rotatable bonds is 7. The highest BCUT2D eigenvalue weighted by Crippen LogP contribution is 2.35. The van der Waals surface area contributed by atoms with Crippen molar-refractivity contribution in [1.29, 1.82) is 0 Å². The summed E-state index contributed by atoms with van der Waals surface area (Å²) in [4.78, 5) is 12.3. The average Bonchev–Trinajstić information content (AvgIpc) is 3.28. The predicted molar refractivity (Wildman–Crippen MR) is 102 cm³/mol. The first-order valence-corrected chi connectivity index (χ1v) is 9.28. The zero-order valence-electron chi connectivity index (χ0n) is 15.6. The average molecular weight is 426 g/mol. The van der Waals surface area contributed by atoms with Crippen molar-refractivity contribution in [1.82, 2.24) is 24.9 Å². The third kappa shape index (κ3) is 5.17. The van der Waals surface area contributed by atoms with Crippen molar-refractivity contribution in [2.45, 2.75) is 32.6 Å². The predicted octanol–water partition coefficient (Wildman–Crippen LogP) is 3.93. The van der Waals surface area contributed by atoms with Crippen LogP contribution in [0.2, 0.25) is 5.02 Å². The van der Waals surface area contributed by atoms with Gasteiger partial charge < -0.3 is 5.32 Å². The van der Waals surface area contributed by atoms with E-state index < -0.39 is 16.9 Å². The van der Waals surface area contributed by atoms with Gasteiger partial charge in [0.15, 0.2) is 5.69 Å². The normalized spacial score (nSPS) is 11.6. The van der Waals surface area contributed by atoms with Crippen LogP contribution in [0.1, 0.15) is 33.7 Å². The molecular weight excluding hydrogens is 407 g/mol. The van der Waals surface area contributed by atoms with Gasteiger partial charge in [-0.2, -0.15) is 23.4 Å². The summed E-state index contributed by atoms with van der Waals surface area (Å²) in [7, 11) is 0. The van der Waals surface area contributed by atoms with E-state index in [1.54, 1.807) is 29.1 Å². The van der Waals surface area contributed by atoms with Crippen molar-refractivity contribution >= 4 is 17.5 Å². The molecule has 29 heavy (non-hydrogen) atoms. The molecule has 3 rings (SSSR count). The summed E-state index contributed by atoms with van der Waals surface area (Å²) in [6.07, 6.45) is -0.666. The number of amides is 1. The van der Waals surface area contributed by atoms with Crippen LogP contribution in [0.4, 0.5) is 13.2 Å². The van der Waals surface area contributed by atoms with E-state index >= 15 is 0 Å². The summed E-state index contributed by atoms with van der Waals surface area (Å²) in [5, 5.41) is 10.1. The molecule has 0 saturated heterocycles. The fourth-order valence-electron chi connectivity index (χ4n) is 2.85. The first kappa shape index (κ1) is 20.9. The summed E-state index contributed by atoms with van der Waals surface area (Å²) in [6.45, 7) is 2.53. The molecule has 0 aliphatic heterocycles. The summed E-state index contributed by atoms with van der Waals surface area (Å²) in [6, 6.07) is 9.00. The van der Waals surface area contributed by atoms with Gasteiger partial charge in [-0.05, 0) is 37.1 Å². The lowest BCUT2D eigenvalue weighted by atomic mass is 10.1. The monoisotopic (exact) mass is 425 g/mol. The molecule has 1 N–H and O–H groups in total. The van der Waals surface area contributed by atoms with Crippen molar-refractivity contribution in [2.75, 3.05) is 6.54 Å². The Morgan fingerprint density at radius 3 is 2.72 bits per heavy atom. The third-order valence-electron chi connectivity index (χ3n) is 4.33. The molecule has 1 aromatic carbocycles. The number of halogens is 4. The number of benzene rings is 1. The molecule has 3 aromatic rings. The minimum atomic E-state index is -4.59. The van der Waals surface area contributed by atoms with Gasteiger partial charge in [0.1, 0.15) is 0 Å². The SMILES string of the molecule is Cc1c(Cl)c(C(F)(F)F)nn1CCCNC(=O)c1cccc(Cn2cccn2)c1. The molecule has 0 aliphatic carbocycles. The maximum Gasteiger partial charge on any atom is 0.436 e. The first-order chi connectivity index (χ1) is 13.8. The van der Waals surface area contributed by atoms with E-state index in [1.807, 2.05) is 18.3 Å². The zero-order valence-corrected chi connectivity index (χ0v) is 16.3. The van der Waals surface area contributed by atoms with E-state index in [1.165, 1.54) is 11.6 Å². The quantitative estimate of drug-likeness (QED) is 0.583. The minimum absolute atomic E-state index is 0.210. The third-order valence-corrected chi connectivity index (χ3v) is 4.78. The Balaban J connectivity index is 1.53. The Labute approximate surface area is 170 Å². The molecule has 0 radical (unpaired) electrons. The maximum atomic E-state index is 12.9. The van der Waals surface area contributed by atoms with Crippen LogP contribution in [-0.4, -0.2) is 32.0 Å². The molecule has 0 saturated carbocycles. The van der Waals surface area contributed by atoms with Crippen molar-refractivity contribution in [2.24, 2.45) is 0 Å². The second-order valence-corrected chi connectivity index (χ2v) is 6.86. The number of hydrogen-bond acceptors (Lipinski definition) is 3. The van der Waals surface area contributed by atoms with E-state index in [2.05, 4.69) is 15.5 Å². The van der Waals surface area contributed by atoms with Gasteiger partial charge in [0, 0.05) is 31.0 Å². The molecule has 0 spiro atoms. The lowest BCUT2D eigenvalue weighted by Crippen LogP contribution is -2.25. The van der Waals surface area contributed by atoms with E-state index in [9.17, 15) is 18.0 Å². The summed E-state index contributed by atoms with van der Waals surface area (Å²) >= 11 is 5.73. The first-order valence-electron chi connectivity index (χ1n) is 8.90. The molecule has 0 unspecified atom stereocenters. The van der Waals surface area contributed by atoms with Crippen LogP contribution >= 0.6 is 11.6 Å². The number of nitrogens with one attached hydrogen (secondary N) is 1. The largest absolute Gasteiger partial charge is 0.436 e. The molecule has 0 fully saturated rings. The number of alkyl halides is 3. The smallest absolute Gasteiger partial charge is 0.352 e. The highest BCUT2D eigenvalue weighted by atomic mass is 35.5. The molecule has 2 aromatic heterocycles. The second kappa shape index (κ2) is 8.69. The second-order valence-electron chi connectivity index (χ2n) is 6.48. The van der Waals surface area contributed by atoms with Gasteiger partial charge in [0.25, 0.3) is 5.91 Å². The van der Waals surface area contributed by atoms with Crippen LogP contribution in [0.3, 0.4) is 0 Å². The Morgan fingerprint density at radius 1 is 1.28 bits per heavy atom. The highest BCUT2D eigenvalue weighted by molar-refractivity contribution is 6.31. The molecular formula is C19H19ClF3N5O. The van der Waals surface area contributed by atoms with Gasteiger partial charge in [-0.3, -0.25) is 14.2 Å². The zero-order chi connectivity index (χ0) is 21.0. The highest BCUT2D eigenvalue weighted by Gasteiger charge is 2.38. The molecule has 2 heterocycles. The van der Waals surface area contributed by atoms with Crippen LogP contribution in [0.5, 0.6) is 0 Å². The number of aromatic nitrogens is 4. The van der Waals surface area contributed by atoms with Crippen LogP contribution in [0, 0.1) is 6.92 Å². The maximum absolute atomic E-state index is 12.9. The van der Waals surface area contributed by atoms with Gasteiger partial charge in [-0.1, -0.05) is 23.7 Å². The Hall–Kier alpha value is -2.81. The number of nitrogens with zero attached hydrogens (tertiary/aromatic N) is 4. The van der Waals surface area contributed by atoms with Gasteiger partial charge in [0.05, 0.1) is 17.3 Å². The van der Waals surface area contributed by atoms with Crippen LogP contribution in [0.25, 0.3) is 0 Å². The number of aryl methyl sites for hydroxylation is 1. The Bertz CT molecular complexity index is 982. The Kier molecular flexibility index (Phi) is 6.26. The number of hydrogen-bond donors (Lipinski definition) is 1. The lowest BCUT2D eigenvalue weighted by molar-refractivity contribution is -0.141. The van der Waals surface area contributed by atoms with Gasteiger partial charge in [0.2, 0.25) is 0 Å². The topological polar surface area (TPSA) is 64.7 Å². The lowest BCUT2D eigenvalue weighted by Gasteiger charge is -2.08. The van der Waals surface area contributed by atoms with Crippen LogP contribution in [-0.2, 0) is 19.3 Å². The van der Waals surface area contributed by atoms with Crippen molar-refractivity contribution in [3.8, 4) is 0 Å². The van der Waals surface area contributed by atoms with E-state index in [-0.39, 0.29) is 18.1 Å². The molecule has 10 heteroatoms. The van der Waals surface area contributed by atoms with E-state index in [0.717, 1.165) is 5.56 Å². The van der Waals surface area contributed by atoms with Crippen molar-refractivity contribution < 1.29 is 18.0 Å². The molecule has 6 nitrogen and oxygen atoms in total. The van der Waals surface area contributed by atoms with Gasteiger partial charge in [-0.25, -0.2) is 0 Å².